The Bertz CT molecular complexity index is 1350. The Kier molecular flexibility index (Phi) is 6.69. The van der Waals surface area contributed by atoms with Crippen LogP contribution in [0.15, 0.2) is 60.7 Å². The van der Waals surface area contributed by atoms with Crippen LogP contribution in [0.4, 0.5) is 0 Å². The minimum Gasteiger partial charge on any atom is -0.335 e. The van der Waals surface area contributed by atoms with Crippen molar-refractivity contribution in [2.75, 3.05) is 0 Å². The predicted molar refractivity (Wildman–Crippen MR) is 141 cm³/mol. The highest BCUT2D eigenvalue weighted by Crippen LogP contribution is 2.56. The van der Waals surface area contributed by atoms with Gasteiger partial charge >= 0.3 is 7.60 Å². The van der Waals surface area contributed by atoms with Gasteiger partial charge in [0.25, 0.3) is 0 Å². The van der Waals surface area contributed by atoms with E-state index in [1.165, 1.54) is 0 Å². The third-order valence-corrected chi connectivity index (χ3v) is 7.76. The molecule has 0 fully saturated rings. The first-order valence-electron chi connectivity index (χ1n) is 11.4. The smallest absolute Gasteiger partial charge is 0.335 e. The lowest BCUT2D eigenvalue weighted by molar-refractivity contribution is 0.0485. The number of fused-ring (bicyclic) bond motifs is 3. The van der Waals surface area contributed by atoms with Crippen molar-refractivity contribution in [3.63, 3.8) is 0 Å². The molecule has 0 aliphatic rings. The highest BCUT2D eigenvalue weighted by atomic mass is 35.5. The van der Waals surface area contributed by atoms with E-state index in [1.807, 2.05) is 77.9 Å². The van der Waals surface area contributed by atoms with E-state index in [0.29, 0.717) is 11.7 Å². The van der Waals surface area contributed by atoms with Crippen LogP contribution in [-0.2, 0) is 26.3 Å². The lowest BCUT2D eigenvalue weighted by atomic mass is 10.1. The average molecular weight is 499 g/mol. The molecule has 0 aliphatic carbocycles. The summed E-state index contributed by atoms with van der Waals surface area (Å²) < 4.78 is 27.7. The SMILES string of the molecule is CC(C)(C)OP(=O)(Cc1ccc(Cn2c3ccccc3c3nc(Cl)ccc32)cc1)OC(C)(C)C. The lowest BCUT2D eigenvalue weighted by Crippen LogP contribution is -2.24. The summed E-state index contributed by atoms with van der Waals surface area (Å²) in [5.41, 5.74) is 3.94. The van der Waals surface area contributed by atoms with Crippen LogP contribution in [0, 0.1) is 0 Å². The second kappa shape index (κ2) is 9.13. The quantitative estimate of drug-likeness (QED) is 0.198. The third-order valence-electron chi connectivity index (χ3n) is 5.15. The fourth-order valence-electron chi connectivity index (χ4n) is 4.13. The molecule has 0 N–H and O–H groups in total. The van der Waals surface area contributed by atoms with E-state index in [9.17, 15) is 4.57 Å². The van der Waals surface area contributed by atoms with Crippen LogP contribution in [0.2, 0.25) is 5.15 Å². The van der Waals surface area contributed by atoms with E-state index < -0.39 is 18.8 Å². The van der Waals surface area contributed by atoms with Crippen molar-refractivity contribution < 1.29 is 13.6 Å². The van der Waals surface area contributed by atoms with Gasteiger partial charge in [-0.2, -0.15) is 0 Å². The Balaban J connectivity index is 1.62. The van der Waals surface area contributed by atoms with Gasteiger partial charge in [-0.1, -0.05) is 54.1 Å². The van der Waals surface area contributed by atoms with Crippen molar-refractivity contribution >= 4 is 41.1 Å². The first-order chi connectivity index (χ1) is 15.8. The Morgan fingerprint density at radius 2 is 1.41 bits per heavy atom. The van der Waals surface area contributed by atoms with E-state index in [4.69, 9.17) is 20.6 Å². The van der Waals surface area contributed by atoms with Crippen LogP contribution in [0.1, 0.15) is 52.7 Å². The van der Waals surface area contributed by atoms with Crippen LogP contribution < -0.4 is 0 Å². The molecule has 34 heavy (non-hydrogen) atoms. The number of benzene rings is 2. The average Bonchev–Trinajstić information content (AvgIpc) is 2.99. The topological polar surface area (TPSA) is 53.4 Å². The van der Waals surface area contributed by atoms with Crippen molar-refractivity contribution in [1.82, 2.24) is 9.55 Å². The summed E-state index contributed by atoms with van der Waals surface area (Å²) in [5.74, 6) is 0. The lowest BCUT2D eigenvalue weighted by Gasteiger charge is -2.32. The number of halogens is 1. The van der Waals surface area contributed by atoms with Gasteiger partial charge in [0, 0.05) is 11.9 Å². The van der Waals surface area contributed by atoms with Gasteiger partial charge in [-0.15, -0.1) is 0 Å². The molecule has 0 spiro atoms. The largest absolute Gasteiger partial charge is 0.336 e. The molecule has 4 aromatic rings. The summed E-state index contributed by atoms with van der Waals surface area (Å²) in [4.78, 5) is 4.56. The summed E-state index contributed by atoms with van der Waals surface area (Å²) in [6, 6.07) is 20.2. The number of pyridine rings is 1. The van der Waals surface area contributed by atoms with E-state index >= 15 is 0 Å². The molecule has 0 bridgehead atoms. The number of hydrogen-bond acceptors (Lipinski definition) is 4. The third kappa shape index (κ3) is 5.90. The van der Waals surface area contributed by atoms with Gasteiger partial charge in [0.1, 0.15) is 5.15 Å². The molecule has 2 aromatic heterocycles. The first kappa shape index (κ1) is 24.9. The number of para-hydroxylation sites is 1. The normalized spacial score (nSPS) is 13.1. The number of rotatable bonds is 6. The van der Waals surface area contributed by atoms with Crippen molar-refractivity contribution in [2.45, 2.75) is 65.5 Å². The zero-order chi connectivity index (χ0) is 24.7. The van der Waals surface area contributed by atoms with Gasteiger partial charge in [-0.25, -0.2) is 4.98 Å². The molecule has 7 heteroatoms. The zero-order valence-corrected chi connectivity index (χ0v) is 22.3. The van der Waals surface area contributed by atoms with E-state index in [1.54, 1.807) is 0 Å². The fraction of sp³-hybridized carbons (Fsp3) is 0.370. The van der Waals surface area contributed by atoms with Crippen LogP contribution in [-0.4, -0.2) is 20.8 Å². The Morgan fingerprint density at radius 3 is 2.03 bits per heavy atom. The molecule has 5 nitrogen and oxygen atoms in total. The molecule has 180 valence electrons. The molecular formula is C27H32ClN2O3P. The zero-order valence-electron chi connectivity index (χ0n) is 20.6. The van der Waals surface area contributed by atoms with E-state index in [0.717, 1.165) is 33.1 Å². The van der Waals surface area contributed by atoms with Gasteiger partial charge < -0.3 is 13.6 Å². The summed E-state index contributed by atoms with van der Waals surface area (Å²) in [6.07, 6.45) is 0.222. The van der Waals surface area contributed by atoms with E-state index in [2.05, 4.69) is 33.8 Å². The maximum atomic E-state index is 13.6. The van der Waals surface area contributed by atoms with Crippen molar-refractivity contribution in [1.29, 1.82) is 0 Å². The molecule has 0 aliphatic heterocycles. The molecular weight excluding hydrogens is 467 g/mol. The van der Waals surface area contributed by atoms with Gasteiger partial charge in [0.2, 0.25) is 0 Å². The highest BCUT2D eigenvalue weighted by Gasteiger charge is 2.35. The predicted octanol–water partition coefficient (Wildman–Crippen LogP) is 8.21. The highest BCUT2D eigenvalue weighted by molar-refractivity contribution is 7.53. The Labute approximate surface area is 206 Å². The minimum atomic E-state index is -3.35. The van der Waals surface area contributed by atoms with Gasteiger partial charge in [0.15, 0.2) is 0 Å². The second-order valence-corrected chi connectivity index (χ2v) is 12.9. The number of aromatic nitrogens is 2. The van der Waals surface area contributed by atoms with Crippen molar-refractivity contribution in [2.24, 2.45) is 0 Å². The van der Waals surface area contributed by atoms with Crippen molar-refractivity contribution in [3.8, 4) is 0 Å². The van der Waals surface area contributed by atoms with Crippen LogP contribution in [0.5, 0.6) is 0 Å². The maximum absolute atomic E-state index is 13.6. The van der Waals surface area contributed by atoms with Crippen LogP contribution in [0.25, 0.3) is 21.9 Å². The first-order valence-corrected chi connectivity index (χ1v) is 13.5. The molecule has 4 rings (SSSR count). The summed E-state index contributed by atoms with van der Waals surface area (Å²) in [5, 5.41) is 1.57. The minimum absolute atomic E-state index is 0.222. The molecule has 0 saturated heterocycles. The number of hydrogen-bond donors (Lipinski definition) is 0. The summed E-state index contributed by atoms with van der Waals surface area (Å²) >= 11 is 6.17. The van der Waals surface area contributed by atoms with Gasteiger partial charge in [-0.3, -0.25) is 4.57 Å². The molecule has 0 radical (unpaired) electrons. The maximum Gasteiger partial charge on any atom is 0.336 e. The van der Waals surface area contributed by atoms with Crippen molar-refractivity contribution in [3.05, 3.63) is 76.9 Å². The molecule has 0 saturated carbocycles. The van der Waals surface area contributed by atoms with Gasteiger partial charge in [0.05, 0.1) is 33.9 Å². The Hall–Kier alpha value is -2.17. The standard InChI is InChI=1S/C27H32ClN2O3P/c1-26(2,3)32-34(31,33-27(4,5)6)18-20-13-11-19(12-14-20)17-30-22-10-8-7-9-21(22)25-23(30)15-16-24(28)29-25/h7-16H,17-18H2,1-6H3. The molecule has 0 amide bonds. The molecule has 0 unspecified atom stereocenters. The van der Waals surface area contributed by atoms with Crippen LogP contribution in [0.3, 0.4) is 0 Å². The molecule has 2 aromatic carbocycles. The molecule has 0 atom stereocenters. The van der Waals surface area contributed by atoms with E-state index in [-0.39, 0.29) is 6.16 Å². The fourth-order valence-corrected chi connectivity index (χ4v) is 6.77. The Morgan fingerprint density at radius 1 is 0.824 bits per heavy atom. The molecule has 2 heterocycles. The monoisotopic (exact) mass is 498 g/mol. The van der Waals surface area contributed by atoms with Gasteiger partial charge in [-0.05, 0) is 70.9 Å². The summed E-state index contributed by atoms with van der Waals surface area (Å²) in [6.45, 7) is 12.0. The summed E-state index contributed by atoms with van der Waals surface area (Å²) in [7, 11) is -3.35. The van der Waals surface area contributed by atoms with Crippen LogP contribution >= 0.6 is 19.2 Å². The number of nitrogens with zero attached hydrogens (tertiary/aromatic N) is 2. The second-order valence-electron chi connectivity index (χ2n) is 10.6.